The minimum absolute atomic E-state index is 0.120. The lowest BCUT2D eigenvalue weighted by Gasteiger charge is -2.17. The molecule has 0 aliphatic rings. The van der Waals surface area contributed by atoms with Gasteiger partial charge in [-0.15, -0.1) is 0 Å². The summed E-state index contributed by atoms with van der Waals surface area (Å²) in [4.78, 5) is 16.1. The van der Waals surface area contributed by atoms with Crippen LogP contribution in [0.5, 0.6) is 0 Å². The number of nitrogens with one attached hydrogen (secondary N) is 1. The second-order valence-corrected chi connectivity index (χ2v) is 5.20. The summed E-state index contributed by atoms with van der Waals surface area (Å²) in [6.07, 6.45) is 1.38. The summed E-state index contributed by atoms with van der Waals surface area (Å²) in [6.45, 7) is 3.74. The molecule has 1 aromatic heterocycles. The number of rotatable bonds is 5. The molecule has 0 aliphatic carbocycles. The van der Waals surface area contributed by atoms with Crippen LogP contribution in [0.15, 0.2) is 36.9 Å². The van der Waals surface area contributed by atoms with Gasteiger partial charge in [-0.25, -0.2) is 4.98 Å². The summed E-state index contributed by atoms with van der Waals surface area (Å²) in [5.74, 6) is -0.518. The minimum atomic E-state index is -4.47. The van der Waals surface area contributed by atoms with Crippen molar-refractivity contribution in [2.24, 2.45) is 5.92 Å². The number of nitrogens with zero attached hydrogens (tertiary/aromatic N) is 2. The van der Waals surface area contributed by atoms with Gasteiger partial charge in [0.15, 0.2) is 0 Å². The highest BCUT2D eigenvalue weighted by atomic mass is 19.4. The molecule has 2 aromatic rings. The standard InChI is InChI=1S/C16H18F3N3O/c1-3-11(4-2)15(23)21-13-9-12(16(17,18)19)5-6-14(13)22-8-7-20-10-22/h5-11H,3-4H2,1-2H3,(H,21,23). The molecule has 1 heterocycles. The number of aromatic nitrogens is 2. The number of carbonyl (C=O) groups excluding carboxylic acids is 1. The quantitative estimate of drug-likeness (QED) is 0.892. The summed E-state index contributed by atoms with van der Waals surface area (Å²) in [5.41, 5.74) is -0.245. The molecule has 0 bridgehead atoms. The molecule has 2 rings (SSSR count). The summed E-state index contributed by atoms with van der Waals surface area (Å²) >= 11 is 0. The van der Waals surface area contributed by atoms with Gasteiger partial charge in [0.25, 0.3) is 0 Å². The Morgan fingerprint density at radius 2 is 2.00 bits per heavy atom. The van der Waals surface area contributed by atoms with Gasteiger partial charge in [-0.05, 0) is 31.0 Å². The molecule has 1 N–H and O–H groups in total. The summed E-state index contributed by atoms with van der Waals surface area (Å²) in [5, 5.41) is 2.63. The fraction of sp³-hybridized carbons (Fsp3) is 0.375. The van der Waals surface area contributed by atoms with Crippen LogP contribution in [0.2, 0.25) is 0 Å². The predicted molar refractivity (Wildman–Crippen MR) is 81.3 cm³/mol. The number of carbonyl (C=O) groups is 1. The number of anilines is 1. The van der Waals surface area contributed by atoms with E-state index in [1.807, 2.05) is 13.8 Å². The highest BCUT2D eigenvalue weighted by Gasteiger charge is 2.31. The van der Waals surface area contributed by atoms with Crippen LogP contribution in [0.25, 0.3) is 5.69 Å². The van der Waals surface area contributed by atoms with Crippen molar-refractivity contribution >= 4 is 11.6 Å². The molecule has 0 aliphatic heterocycles. The van der Waals surface area contributed by atoms with E-state index in [9.17, 15) is 18.0 Å². The maximum Gasteiger partial charge on any atom is 0.416 e. The summed E-state index contributed by atoms with van der Waals surface area (Å²) in [7, 11) is 0. The van der Waals surface area contributed by atoms with Crippen molar-refractivity contribution < 1.29 is 18.0 Å². The third kappa shape index (κ3) is 3.91. The Morgan fingerprint density at radius 1 is 1.30 bits per heavy atom. The zero-order chi connectivity index (χ0) is 17.0. The van der Waals surface area contributed by atoms with Gasteiger partial charge in [0.1, 0.15) is 0 Å². The van der Waals surface area contributed by atoms with Gasteiger partial charge in [-0.1, -0.05) is 13.8 Å². The van der Waals surface area contributed by atoms with Crippen molar-refractivity contribution in [3.05, 3.63) is 42.5 Å². The van der Waals surface area contributed by atoms with E-state index in [2.05, 4.69) is 10.3 Å². The maximum atomic E-state index is 12.9. The van der Waals surface area contributed by atoms with E-state index in [-0.39, 0.29) is 17.5 Å². The van der Waals surface area contributed by atoms with E-state index in [1.54, 1.807) is 10.8 Å². The van der Waals surface area contributed by atoms with E-state index in [4.69, 9.17) is 0 Å². The molecular formula is C16H18F3N3O. The zero-order valence-corrected chi connectivity index (χ0v) is 12.9. The van der Waals surface area contributed by atoms with Gasteiger partial charge >= 0.3 is 6.18 Å². The molecule has 4 nitrogen and oxygen atoms in total. The number of alkyl halides is 3. The monoisotopic (exact) mass is 325 g/mol. The number of halogens is 3. The van der Waals surface area contributed by atoms with Crippen LogP contribution in [0.3, 0.4) is 0 Å². The van der Waals surface area contributed by atoms with Crippen molar-refractivity contribution in [3.63, 3.8) is 0 Å². The molecular weight excluding hydrogens is 307 g/mol. The molecule has 124 valence electrons. The first-order valence-electron chi connectivity index (χ1n) is 7.37. The molecule has 23 heavy (non-hydrogen) atoms. The molecule has 0 spiro atoms. The van der Waals surface area contributed by atoms with Gasteiger partial charge in [0.05, 0.1) is 23.3 Å². The Morgan fingerprint density at radius 3 is 2.52 bits per heavy atom. The normalized spacial score (nSPS) is 11.7. The highest BCUT2D eigenvalue weighted by Crippen LogP contribution is 2.33. The average Bonchev–Trinajstić information content (AvgIpc) is 3.01. The molecule has 1 aromatic carbocycles. The smallest absolute Gasteiger partial charge is 0.324 e. The SMILES string of the molecule is CCC(CC)C(=O)Nc1cc(C(F)(F)F)ccc1-n1ccnc1. The highest BCUT2D eigenvalue weighted by molar-refractivity contribution is 5.94. The number of benzene rings is 1. The van der Waals surface area contributed by atoms with E-state index < -0.39 is 11.7 Å². The van der Waals surface area contributed by atoms with E-state index in [1.165, 1.54) is 18.6 Å². The van der Waals surface area contributed by atoms with Crippen LogP contribution in [0, 0.1) is 5.92 Å². The predicted octanol–water partition coefficient (Wildman–Crippen LogP) is 4.27. The van der Waals surface area contributed by atoms with Gasteiger partial charge in [0.2, 0.25) is 5.91 Å². The van der Waals surface area contributed by atoms with Crippen LogP contribution >= 0.6 is 0 Å². The van der Waals surface area contributed by atoms with E-state index in [0.29, 0.717) is 18.5 Å². The van der Waals surface area contributed by atoms with Gasteiger partial charge < -0.3 is 9.88 Å². The first-order valence-corrected chi connectivity index (χ1v) is 7.37. The largest absolute Gasteiger partial charge is 0.416 e. The molecule has 0 saturated carbocycles. The van der Waals surface area contributed by atoms with Crippen LogP contribution in [0.4, 0.5) is 18.9 Å². The fourth-order valence-corrected chi connectivity index (χ4v) is 2.33. The van der Waals surface area contributed by atoms with E-state index in [0.717, 1.165) is 12.1 Å². The van der Waals surface area contributed by atoms with Crippen LogP contribution in [-0.4, -0.2) is 15.5 Å². The first-order chi connectivity index (χ1) is 10.9. The van der Waals surface area contributed by atoms with E-state index >= 15 is 0 Å². The summed E-state index contributed by atoms with van der Waals surface area (Å²) < 4.78 is 40.4. The number of hydrogen-bond acceptors (Lipinski definition) is 2. The van der Waals surface area contributed by atoms with Crippen molar-refractivity contribution in [3.8, 4) is 5.69 Å². The Kier molecular flexibility index (Phi) is 5.08. The molecule has 1 amide bonds. The Labute approximate surface area is 132 Å². The van der Waals surface area contributed by atoms with Crippen molar-refractivity contribution in [1.82, 2.24) is 9.55 Å². The fourth-order valence-electron chi connectivity index (χ4n) is 2.33. The van der Waals surface area contributed by atoms with Gasteiger partial charge in [-0.2, -0.15) is 13.2 Å². The third-order valence-corrected chi connectivity index (χ3v) is 3.72. The Balaban J connectivity index is 2.43. The lowest BCUT2D eigenvalue weighted by Crippen LogP contribution is -2.23. The number of hydrogen-bond donors (Lipinski definition) is 1. The molecule has 7 heteroatoms. The van der Waals surface area contributed by atoms with Crippen LogP contribution in [0.1, 0.15) is 32.3 Å². The molecule has 0 atom stereocenters. The minimum Gasteiger partial charge on any atom is -0.324 e. The molecule has 0 fully saturated rings. The average molecular weight is 325 g/mol. The zero-order valence-electron chi connectivity index (χ0n) is 12.9. The Bertz CT molecular complexity index is 662. The van der Waals surface area contributed by atoms with Crippen LogP contribution < -0.4 is 5.32 Å². The topological polar surface area (TPSA) is 46.9 Å². The third-order valence-electron chi connectivity index (χ3n) is 3.72. The van der Waals surface area contributed by atoms with Crippen LogP contribution in [-0.2, 0) is 11.0 Å². The lowest BCUT2D eigenvalue weighted by molar-refractivity contribution is -0.137. The van der Waals surface area contributed by atoms with Gasteiger partial charge in [-0.3, -0.25) is 4.79 Å². The number of amides is 1. The summed E-state index contributed by atoms with van der Waals surface area (Å²) in [6, 6.07) is 3.27. The first kappa shape index (κ1) is 17.1. The Hall–Kier alpha value is -2.31. The van der Waals surface area contributed by atoms with Crippen molar-refractivity contribution in [1.29, 1.82) is 0 Å². The maximum absolute atomic E-state index is 12.9. The van der Waals surface area contributed by atoms with Crippen molar-refractivity contribution in [2.75, 3.05) is 5.32 Å². The lowest BCUT2D eigenvalue weighted by atomic mass is 10.0. The molecule has 0 radical (unpaired) electrons. The van der Waals surface area contributed by atoms with Gasteiger partial charge in [0, 0.05) is 18.3 Å². The molecule has 0 unspecified atom stereocenters. The van der Waals surface area contributed by atoms with Crippen molar-refractivity contribution in [2.45, 2.75) is 32.9 Å². The molecule has 0 saturated heterocycles. The second-order valence-electron chi connectivity index (χ2n) is 5.20. The number of imidazole rings is 1. The second kappa shape index (κ2) is 6.85.